The summed E-state index contributed by atoms with van der Waals surface area (Å²) in [6.07, 6.45) is 1.28. The molecular formula is C25H23ClN4O5. The average molecular weight is 495 g/mol. The molecule has 10 heteroatoms. The van der Waals surface area contributed by atoms with E-state index >= 15 is 0 Å². The number of anilines is 2. The minimum Gasteiger partial charge on any atom is -0.493 e. The molecule has 0 aliphatic heterocycles. The van der Waals surface area contributed by atoms with E-state index in [1.54, 1.807) is 42.5 Å². The number of carbonyl (C=O) groups excluding carboxylic acids is 3. The van der Waals surface area contributed by atoms with E-state index in [0.29, 0.717) is 27.7 Å². The molecule has 0 aliphatic rings. The van der Waals surface area contributed by atoms with E-state index in [4.69, 9.17) is 21.1 Å². The molecule has 0 fully saturated rings. The van der Waals surface area contributed by atoms with Crippen LogP contribution >= 0.6 is 11.6 Å². The van der Waals surface area contributed by atoms with Crippen LogP contribution in [0, 0.1) is 6.92 Å². The Morgan fingerprint density at radius 2 is 1.74 bits per heavy atom. The smallest absolute Gasteiger partial charge is 0.329 e. The maximum atomic E-state index is 12.4. The van der Waals surface area contributed by atoms with Crippen LogP contribution in [0.5, 0.6) is 11.5 Å². The molecule has 3 aromatic rings. The molecule has 0 saturated carbocycles. The summed E-state index contributed by atoms with van der Waals surface area (Å²) < 4.78 is 11.0. The molecule has 3 amide bonds. The van der Waals surface area contributed by atoms with E-state index in [9.17, 15) is 14.4 Å². The highest BCUT2D eigenvalue weighted by atomic mass is 35.5. The van der Waals surface area contributed by atoms with Crippen LogP contribution in [-0.4, -0.2) is 37.7 Å². The fraction of sp³-hybridized carbons (Fsp3) is 0.120. The van der Waals surface area contributed by atoms with Gasteiger partial charge in [0.1, 0.15) is 0 Å². The van der Waals surface area contributed by atoms with Crippen molar-refractivity contribution in [3.63, 3.8) is 0 Å². The molecular weight excluding hydrogens is 472 g/mol. The fourth-order valence-corrected chi connectivity index (χ4v) is 3.14. The highest BCUT2D eigenvalue weighted by Gasteiger charge is 2.15. The van der Waals surface area contributed by atoms with Crippen LogP contribution in [0.1, 0.15) is 11.1 Å². The standard InChI is InChI=1S/C25H23ClN4O5/c1-16-7-3-4-11-20(16)29-22(31)15-35-23-17(8-5-12-21(23)34-2)14-27-30-25(33)24(32)28-19-10-6-9-18(26)13-19/h3-14H,15H2,1-2H3,(H,28,32)(H,29,31)(H,30,33)/b27-14-. The summed E-state index contributed by atoms with van der Waals surface area (Å²) in [5.74, 6) is -1.65. The number of amides is 3. The van der Waals surface area contributed by atoms with Crippen molar-refractivity contribution in [1.29, 1.82) is 0 Å². The van der Waals surface area contributed by atoms with Crippen molar-refractivity contribution in [3.05, 3.63) is 82.9 Å². The third kappa shape index (κ3) is 7.31. The highest BCUT2D eigenvalue weighted by molar-refractivity contribution is 6.39. The monoisotopic (exact) mass is 494 g/mol. The molecule has 35 heavy (non-hydrogen) atoms. The van der Waals surface area contributed by atoms with Gasteiger partial charge in [0.2, 0.25) is 0 Å². The Morgan fingerprint density at radius 3 is 2.49 bits per heavy atom. The summed E-state index contributed by atoms with van der Waals surface area (Å²) in [4.78, 5) is 36.5. The molecule has 0 aliphatic carbocycles. The number of benzene rings is 3. The van der Waals surface area contributed by atoms with Crippen LogP contribution in [0.4, 0.5) is 11.4 Å². The number of nitrogens with one attached hydrogen (secondary N) is 3. The van der Waals surface area contributed by atoms with Crippen molar-refractivity contribution in [3.8, 4) is 11.5 Å². The maximum absolute atomic E-state index is 12.4. The van der Waals surface area contributed by atoms with Gasteiger partial charge in [-0.2, -0.15) is 5.10 Å². The molecule has 9 nitrogen and oxygen atoms in total. The first-order chi connectivity index (χ1) is 16.9. The van der Waals surface area contributed by atoms with Crippen LogP contribution in [0.25, 0.3) is 0 Å². The summed E-state index contributed by atoms with van der Waals surface area (Å²) in [6.45, 7) is 1.60. The number of carbonyl (C=O) groups is 3. The van der Waals surface area contributed by atoms with Crippen LogP contribution < -0.4 is 25.5 Å². The Kier molecular flexibility index (Phi) is 8.80. The zero-order valence-corrected chi connectivity index (χ0v) is 19.8. The Hall–Kier alpha value is -4.37. The van der Waals surface area contributed by atoms with Gasteiger partial charge < -0.3 is 20.1 Å². The first kappa shape index (κ1) is 25.3. The van der Waals surface area contributed by atoms with Crippen LogP contribution in [0.3, 0.4) is 0 Å². The van der Waals surface area contributed by atoms with Crippen molar-refractivity contribution < 1.29 is 23.9 Å². The molecule has 3 rings (SSSR count). The molecule has 0 unspecified atom stereocenters. The SMILES string of the molecule is COc1cccc(/C=N\NC(=O)C(=O)Nc2cccc(Cl)c2)c1OCC(=O)Nc1ccccc1C. The zero-order valence-electron chi connectivity index (χ0n) is 19.0. The lowest BCUT2D eigenvalue weighted by Crippen LogP contribution is -2.32. The minimum atomic E-state index is -0.982. The third-order valence-electron chi connectivity index (χ3n) is 4.65. The third-order valence-corrected chi connectivity index (χ3v) is 4.89. The van der Waals surface area contributed by atoms with Crippen molar-refractivity contribution in [2.45, 2.75) is 6.92 Å². The summed E-state index contributed by atoms with van der Waals surface area (Å²) in [6, 6.07) is 18.7. The zero-order chi connectivity index (χ0) is 25.2. The van der Waals surface area contributed by atoms with Gasteiger partial charge in [0, 0.05) is 22.0 Å². The van der Waals surface area contributed by atoms with Crippen LogP contribution in [-0.2, 0) is 14.4 Å². The number of nitrogens with zero attached hydrogens (tertiary/aromatic N) is 1. The van der Waals surface area contributed by atoms with Gasteiger partial charge in [0.05, 0.1) is 13.3 Å². The van der Waals surface area contributed by atoms with Crippen LogP contribution in [0.15, 0.2) is 71.8 Å². The Balaban J connectivity index is 1.63. The predicted octanol–water partition coefficient (Wildman–Crippen LogP) is 3.76. The number of hydrogen-bond donors (Lipinski definition) is 3. The molecule has 3 aromatic carbocycles. The molecule has 0 radical (unpaired) electrons. The average Bonchev–Trinajstić information content (AvgIpc) is 2.84. The molecule has 0 spiro atoms. The van der Waals surface area contributed by atoms with E-state index in [-0.39, 0.29) is 18.3 Å². The molecule has 0 bridgehead atoms. The number of rotatable bonds is 8. The van der Waals surface area contributed by atoms with Crippen molar-refractivity contribution in [1.82, 2.24) is 5.43 Å². The largest absolute Gasteiger partial charge is 0.493 e. The van der Waals surface area contributed by atoms with Gasteiger partial charge in [0.15, 0.2) is 18.1 Å². The van der Waals surface area contributed by atoms with Gasteiger partial charge in [-0.25, -0.2) is 5.43 Å². The summed E-state index contributed by atoms with van der Waals surface area (Å²) >= 11 is 5.87. The molecule has 0 aromatic heterocycles. The Labute approximate surface area is 207 Å². The van der Waals surface area contributed by atoms with Crippen molar-refractivity contribution >= 4 is 46.9 Å². The number of halogens is 1. The topological polar surface area (TPSA) is 118 Å². The van der Waals surface area contributed by atoms with Gasteiger partial charge in [-0.3, -0.25) is 14.4 Å². The van der Waals surface area contributed by atoms with Gasteiger partial charge in [0.25, 0.3) is 5.91 Å². The number of methoxy groups -OCH3 is 1. The van der Waals surface area contributed by atoms with Crippen molar-refractivity contribution in [2.75, 3.05) is 24.4 Å². The number of hydrazone groups is 1. The van der Waals surface area contributed by atoms with E-state index in [1.165, 1.54) is 19.4 Å². The summed E-state index contributed by atoms with van der Waals surface area (Å²) in [5.41, 5.74) is 4.53. The number of hydrogen-bond acceptors (Lipinski definition) is 6. The van der Waals surface area contributed by atoms with Crippen LogP contribution in [0.2, 0.25) is 5.02 Å². The lowest BCUT2D eigenvalue weighted by molar-refractivity contribution is -0.136. The quantitative estimate of drug-likeness (QED) is 0.250. The Morgan fingerprint density at radius 1 is 0.971 bits per heavy atom. The molecule has 0 saturated heterocycles. The number of para-hydroxylation sites is 2. The highest BCUT2D eigenvalue weighted by Crippen LogP contribution is 2.30. The van der Waals surface area contributed by atoms with Gasteiger partial charge in [-0.05, 0) is 48.9 Å². The van der Waals surface area contributed by atoms with Gasteiger partial charge in [-0.1, -0.05) is 41.9 Å². The maximum Gasteiger partial charge on any atom is 0.329 e. The first-order valence-electron chi connectivity index (χ1n) is 10.4. The first-order valence-corrected chi connectivity index (χ1v) is 10.8. The molecule has 0 heterocycles. The molecule has 0 atom stereocenters. The second kappa shape index (κ2) is 12.2. The number of ether oxygens (including phenoxy) is 2. The minimum absolute atomic E-state index is 0.247. The predicted molar refractivity (Wildman–Crippen MR) is 134 cm³/mol. The van der Waals surface area contributed by atoms with E-state index in [1.807, 2.05) is 25.1 Å². The van der Waals surface area contributed by atoms with E-state index in [2.05, 4.69) is 21.2 Å². The lowest BCUT2D eigenvalue weighted by atomic mass is 10.2. The molecule has 3 N–H and O–H groups in total. The normalized spacial score (nSPS) is 10.5. The molecule has 180 valence electrons. The fourth-order valence-electron chi connectivity index (χ4n) is 2.95. The van der Waals surface area contributed by atoms with Gasteiger partial charge in [-0.15, -0.1) is 0 Å². The summed E-state index contributed by atoms with van der Waals surface area (Å²) in [7, 11) is 1.46. The second-order valence-electron chi connectivity index (χ2n) is 7.19. The summed E-state index contributed by atoms with van der Waals surface area (Å²) in [5, 5.41) is 9.44. The van der Waals surface area contributed by atoms with Gasteiger partial charge >= 0.3 is 11.8 Å². The van der Waals surface area contributed by atoms with E-state index < -0.39 is 11.8 Å². The van der Waals surface area contributed by atoms with E-state index in [0.717, 1.165) is 5.56 Å². The Bertz CT molecular complexity index is 1260. The number of aryl methyl sites for hydroxylation is 1. The van der Waals surface area contributed by atoms with Crippen molar-refractivity contribution in [2.24, 2.45) is 5.10 Å². The second-order valence-corrected chi connectivity index (χ2v) is 7.63. The lowest BCUT2D eigenvalue weighted by Gasteiger charge is -2.13.